The molecule has 29 heavy (non-hydrogen) atoms. The molecule has 0 radical (unpaired) electrons. The molecular weight excluding hydrogens is 382 g/mol. The van der Waals surface area contributed by atoms with Gasteiger partial charge in [0.1, 0.15) is 6.54 Å². The van der Waals surface area contributed by atoms with Gasteiger partial charge in [0, 0.05) is 11.4 Å². The standard InChI is InChI=1S/C23H21N3O2S/c27-22-15-24-20-10-4-5-11-21(20)26(22)17-23(28)25(16-19-9-6-14-29-19)13-12-18-7-2-1-3-8-18/h1-11,14-15H,12-13,16-17H2. The number of benzene rings is 2. The van der Waals surface area contributed by atoms with Crippen LogP contribution in [0.2, 0.25) is 0 Å². The van der Waals surface area contributed by atoms with Gasteiger partial charge in [0.05, 0.1) is 23.8 Å². The van der Waals surface area contributed by atoms with Crippen molar-refractivity contribution in [3.05, 3.63) is 99.1 Å². The first-order chi connectivity index (χ1) is 14.2. The molecule has 146 valence electrons. The monoisotopic (exact) mass is 403 g/mol. The molecule has 0 aliphatic rings. The zero-order chi connectivity index (χ0) is 20.1. The lowest BCUT2D eigenvalue weighted by molar-refractivity contribution is -0.132. The van der Waals surface area contributed by atoms with Crippen LogP contribution >= 0.6 is 11.3 Å². The lowest BCUT2D eigenvalue weighted by Gasteiger charge is -2.23. The molecule has 0 aliphatic heterocycles. The summed E-state index contributed by atoms with van der Waals surface area (Å²) in [7, 11) is 0. The topological polar surface area (TPSA) is 55.2 Å². The molecule has 2 aromatic carbocycles. The molecule has 2 heterocycles. The zero-order valence-corrected chi connectivity index (χ0v) is 16.7. The number of fused-ring (bicyclic) bond motifs is 1. The summed E-state index contributed by atoms with van der Waals surface area (Å²) in [6.45, 7) is 1.14. The van der Waals surface area contributed by atoms with Crippen LogP contribution < -0.4 is 5.56 Å². The van der Waals surface area contributed by atoms with E-state index in [1.54, 1.807) is 11.3 Å². The Morgan fingerprint density at radius 3 is 2.59 bits per heavy atom. The van der Waals surface area contributed by atoms with Crippen molar-refractivity contribution in [2.75, 3.05) is 6.54 Å². The van der Waals surface area contributed by atoms with Gasteiger partial charge in [-0.05, 0) is 35.6 Å². The van der Waals surface area contributed by atoms with E-state index >= 15 is 0 Å². The third kappa shape index (κ3) is 4.60. The van der Waals surface area contributed by atoms with Crippen LogP contribution in [0, 0.1) is 0 Å². The molecule has 6 heteroatoms. The van der Waals surface area contributed by atoms with Crippen molar-refractivity contribution in [1.29, 1.82) is 0 Å². The minimum absolute atomic E-state index is 0.00202. The number of amides is 1. The molecule has 4 rings (SSSR count). The Kier molecular flexibility index (Phi) is 5.81. The molecule has 0 aliphatic carbocycles. The van der Waals surface area contributed by atoms with Crippen molar-refractivity contribution in [2.24, 2.45) is 0 Å². The molecule has 0 N–H and O–H groups in total. The molecular formula is C23H21N3O2S. The van der Waals surface area contributed by atoms with Gasteiger partial charge in [0.2, 0.25) is 5.91 Å². The van der Waals surface area contributed by atoms with E-state index in [1.807, 2.05) is 64.9 Å². The van der Waals surface area contributed by atoms with Crippen LogP contribution in [-0.4, -0.2) is 26.9 Å². The van der Waals surface area contributed by atoms with Gasteiger partial charge in [-0.25, -0.2) is 4.98 Å². The average Bonchev–Trinajstić information content (AvgIpc) is 3.27. The molecule has 2 aromatic heterocycles. The van der Waals surface area contributed by atoms with E-state index in [-0.39, 0.29) is 18.0 Å². The third-order valence-corrected chi connectivity index (χ3v) is 5.70. The first-order valence-electron chi connectivity index (χ1n) is 9.49. The number of carbonyl (C=O) groups is 1. The maximum atomic E-state index is 13.2. The summed E-state index contributed by atoms with van der Waals surface area (Å²) in [6, 6.07) is 21.5. The number of hydrogen-bond acceptors (Lipinski definition) is 4. The number of carbonyl (C=O) groups excluding carboxylic acids is 1. The molecule has 0 bridgehead atoms. The quantitative estimate of drug-likeness (QED) is 0.472. The lowest BCUT2D eigenvalue weighted by Crippen LogP contribution is -2.37. The predicted molar refractivity (Wildman–Crippen MR) is 116 cm³/mol. The van der Waals surface area contributed by atoms with Gasteiger partial charge >= 0.3 is 0 Å². The van der Waals surface area contributed by atoms with Crippen LogP contribution in [0.4, 0.5) is 0 Å². The molecule has 1 amide bonds. The fraction of sp³-hybridized carbons (Fsp3) is 0.174. The zero-order valence-electron chi connectivity index (χ0n) is 15.9. The largest absolute Gasteiger partial charge is 0.336 e. The highest BCUT2D eigenvalue weighted by atomic mass is 32.1. The second kappa shape index (κ2) is 8.84. The SMILES string of the molecule is O=C(Cn1c(=O)cnc2ccccc21)N(CCc1ccccc1)Cc1cccs1. The minimum atomic E-state index is -0.267. The first kappa shape index (κ1) is 19.1. The second-order valence-electron chi connectivity index (χ2n) is 6.80. The van der Waals surface area contributed by atoms with Crippen molar-refractivity contribution in [3.63, 3.8) is 0 Å². The molecule has 0 unspecified atom stereocenters. The van der Waals surface area contributed by atoms with Crippen LogP contribution in [0.25, 0.3) is 11.0 Å². The van der Waals surface area contributed by atoms with E-state index in [2.05, 4.69) is 17.1 Å². The number of aromatic nitrogens is 2. The fourth-order valence-corrected chi connectivity index (χ4v) is 4.02. The number of rotatable bonds is 7. The summed E-state index contributed by atoms with van der Waals surface area (Å²) in [5.41, 5.74) is 2.29. The Balaban J connectivity index is 1.58. The highest BCUT2D eigenvalue weighted by Crippen LogP contribution is 2.14. The van der Waals surface area contributed by atoms with Gasteiger partial charge in [0.15, 0.2) is 0 Å². The average molecular weight is 404 g/mol. The summed E-state index contributed by atoms with van der Waals surface area (Å²) in [6.07, 6.45) is 2.05. The van der Waals surface area contributed by atoms with Crippen molar-refractivity contribution in [2.45, 2.75) is 19.5 Å². The molecule has 5 nitrogen and oxygen atoms in total. The van der Waals surface area contributed by atoms with Gasteiger partial charge in [-0.1, -0.05) is 48.5 Å². The van der Waals surface area contributed by atoms with Gasteiger partial charge in [0.25, 0.3) is 5.56 Å². The fourth-order valence-electron chi connectivity index (χ4n) is 3.30. The maximum Gasteiger partial charge on any atom is 0.269 e. The highest BCUT2D eigenvalue weighted by Gasteiger charge is 2.17. The number of para-hydroxylation sites is 2. The van der Waals surface area contributed by atoms with Crippen LogP contribution in [0.5, 0.6) is 0 Å². The van der Waals surface area contributed by atoms with E-state index < -0.39 is 0 Å². The number of nitrogens with zero attached hydrogens (tertiary/aromatic N) is 3. The molecule has 0 spiro atoms. The predicted octanol–water partition coefficient (Wildman–Crippen LogP) is 3.73. The smallest absolute Gasteiger partial charge is 0.269 e. The minimum Gasteiger partial charge on any atom is -0.336 e. The van der Waals surface area contributed by atoms with Crippen molar-refractivity contribution in [1.82, 2.24) is 14.5 Å². The van der Waals surface area contributed by atoms with Crippen molar-refractivity contribution >= 4 is 28.3 Å². The van der Waals surface area contributed by atoms with Crippen molar-refractivity contribution < 1.29 is 4.79 Å². The number of thiophene rings is 1. The molecule has 0 atom stereocenters. The third-order valence-electron chi connectivity index (χ3n) is 4.84. The Hall–Kier alpha value is -3.25. The van der Waals surface area contributed by atoms with Crippen LogP contribution in [0.3, 0.4) is 0 Å². The summed E-state index contributed by atoms with van der Waals surface area (Å²) in [4.78, 5) is 32.8. The summed E-state index contributed by atoms with van der Waals surface area (Å²) < 4.78 is 1.51. The summed E-state index contributed by atoms with van der Waals surface area (Å²) in [5.74, 6) is -0.0761. The van der Waals surface area contributed by atoms with Crippen LogP contribution in [0.1, 0.15) is 10.4 Å². The molecule has 0 saturated heterocycles. The Labute approximate surface area is 172 Å². The second-order valence-corrected chi connectivity index (χ2v) is 7.83. The first-order valence-corrected chi connectivity index (χ1v) is 10.4. The molecule has 4 aromatic rings. The van der Waals surface area contributed by atoms with E-state index in [1.165, 1.54) is 16.3 Å². The van der Waals surface area contributed by atoms with Crippen molar-refractivity contribution in [3.8, 4) is 0 Å². The van der Waals surface area contributed by atoms with Gasteiger partial charge in [-0.3, -0.25) is 14.2 Å². The van der Waals surface area contributed by atoms with E-state index in [0.717, 1.165) is 11.3 Å². The van der Waals surface area contributed by atoms with Gasteiger partial charge in [-0.15, -0.1) is 11.3 Å². The number of hydrogen-bond donors (Lipinski definition) is 0. The Morgan fingerprint density at radius 1 is 1.00 bits per heavy atom. The summed E-state index contributed by atoms with van der Waals surface area (Å²) in [5, 5.41) is 2.01. The summed E-state index contributed by atoms with van der Waals surface area (Å²) >= 11 is 1.63. The Bertz CT molecular complexity index is 1150. The van der Waals surface area contributed by atoms with Gasteiger partial charge in [-0.2, -0.15) is 0 Å². The van der Waals surface area contributed by atoms with E-state index in [4.69, 9.17) is 0 Å². The molecule has 0 fully saturated rings. The normalized spacial score (nSPS) is 10.9. The van der Waals surface area contributed by atoms with Crippen LogP contribution in [-0.2, 0) is 24.3 Å². The Morgan fingerprint density at radius 2 is 1.79 bits per heavy atom. The highest BCUT2D eigenvalue weighted by molar-refractivity contribution is 7.09. The molecule has 0 saturated carbocycles. The maximum absolute atomic E-state index is 13.2. The van der Waals surface area contributed by atoms with E-state index in [0.29, 0.717) is 24.1 Å². The van der Waals surface area contributed by atoms with Crippen LogP contribution in [0.15, 0.2) is 83.1 Å². The van der Waals surface area contributed by atoms with Gasteiger partial charge < -0.3 is 4.90 Å². The lowest BCUT2D eigenvalue weighted by atomic mass is 10.1. The van der Waals surface area contributed by atoms with E-state index in [9.17, 15) is 9.59 Å².